The number of aromatic nitrogens is 3. The molecule has 2 aromatic rings. The van der Waals surface area contributed by atoms with Crippen LogP contribution in [0, 0.1) is 17.0 Å². The lowest BCUT2D eigenvalue weighted by Gasteiger charge is -2.17. The van der Waals surface area contributed by atoms with Crippen LogP contribution in [0.15, 0.2) is 24.7 Å². The fourth-order valence-electron chi connectivity index (χ4n) is 2.52. The van der Waals surface area contributed by atoms with E-state index in [1.807, 2.05) is 17.9 Å². The zero-order chi connectivity index (χ0) is 15.5. The number of pyridine rings is 1. The Morgan fingerprint density at radius 2 is 2.05 bits per heavy atom. The van der Waals surface area contributed by atoms with Crippen LogP contribution < -0.4 is 10.2 Å². The summed E-state index contributed by atoms with van der Waals surface area (Å²) in [6, 6.07) is 3.66. The van der Waals surface area contributed by atoms with E-state index in [2.05, 4.69) is 20.3 Å². The van der Waals surface area contributed by atoms with Gasteiger partial charge in [-0.15, -0.1) is 0 Å². The molecule has 1 N–H and O–H groups in total. The van der Waals surface area contributed by atoms with Crippen molar-refractivity contribution in [3.05, 3.63) is 40.3 Å². The number of nitrogens with zero attached hydrogens (tertiary/aromatic N) is 5. The Morgan fingerprint density at radius 1 is 1.27 bits per heavy atom. The summed E-state index contributed by atoms with van der Waals surface area (Å²) in [5.74, 6) is 1.06. The van der Waals surface area contributed by atoms with Crippen LogP contribution in [-0.4, -0.2) is 33.0 Å². The Hall–Kier alpha value is -2.77. The SMILES string of the molecule is Cc1ccnc(Nc2ncnc(N3CCCC3)c2[N+](=O)[O-])c1. The fourth-order valence-corrected chi connectivity index (χ4v) is 2.52. The lowest BCUT2D eigenvalue weighted by atomic mass is 10.3. The first-order chi connectivity index (χ1) is 10.6. The van der Waals surface area contributed by atoms with E-state index in [4.69, 9.17) is 0 Å². The van der Waals surface area contributed by atoms with Gasteiger partial charge in [0.25, 0.3) is 0 Å². The number of nitro groups is 1. The minimum Gasteiger partial charge on any atom is -0.351 e. The second kappa shape index (κ2) is 5.92. The largest absolute Gasteiger partial charge is 0.353 e. The van der Waals surface area contributed by atoms with Crippen LogP contribution in [0.5, 0.6) is 0 Å². The fraction of sp³-hybridized carbons (Fsp3) is 0.357. The second-order valence-corrected chi connectivity index (χ2v) is 5.19. The Bertz CT molecular complexity index is 699. The maximum atomic E-state index is 11.5. The lowest BCUT2D eigenvalue weighted by molar-refractivity contribution is -0.383. The average Bonchev–Trinajstić information content (AvgIpc) is 3.01. The van der Waals surface area contributed by atoms with Gasteiger partial charge >= 0.3 is 5.69 Å². The van der Waals surface area contributed by atoms with Crippen molar-refractivity contribution in [3.63, 3.8) is 0 Å². The maximum absolute atomic E-state index is 11.5. The predicted molar refractivity (Wildman–Crippen MR) is 82.4 cm³/mol. The van der Waals surface area contributed by atoms with Crippen molar-refractivity contribution in [2.75, 3.05) is 23.3 Å². The molecule has 0 aromatic carbocycles. The van der Waals surface area contributed by atoms with E-state index in [1.165, 1.54) is 6.33 Å². The van der Waals surface area contributed by atoms with Crippen molar-refractivity contribution >= 4 is 23.1 Å². The summed E-state index contributed by atoms with van der Waals surface area (Å²) in [7, 11) is 0. The first kappa shape index (κ1) is 14.2. The Morgan fingerprint density at radius 3 is 2.73 bits per heavy atom. The standard InChI is InChI=1S/C14H16N6O2/c1-10-4-5-15-11(8-10)18-13-12(20(21)22)14(17-9-16-13)19-6-2-3-7-19/h4-5,8-9H,2-3,6-7H2,1H3,(H,15,16,17,18). The van der Waals surface area contributed by atoms with E-state index in [0.717, 1.165) is 31.5 Å². The summed E-state index contributed by atoms with van der Waals surface area (Å²) >= 11 is 0. The third kappa shape index (κ3) is 2.80. The highest BCUT2D eigenvalue weighted by Gasteiger charge is 2.28. The van der Waals surface area contributed by atoms with Gasteiger partial charge in [-0.05, 0) is 37.5 Å². The summed E-state index contributed by atoms with van der Waals surface area (Å²) in [5.41, 5.74) is 0.904. The van der Waals surface area contributed by atoms with E-state index in [-0.39, 0.29) is 11.5 Å². The van der Waals surface area contributed by atoms with Crippen molar-refractivity contribution in [3.8, 4) is 0 Å². The minimum absolute atomic E-state index is 0.104. The molecule has 22 heavy (non-hydrogen) atoms. The Kier molecular flexibility index (Phi) is 3.82. The van der Waals surface area contributed by atoms with Crippen LogP contribution in [0.1, 0.15) is 18.4 Å². The normalized spacial score (nSPS) is 14.1. The van der Waals surface area contributed by atoms with E-state index >= 15 is 0 Å². The summed E-state index contributed by atoms with van der Waals surface area (Å²) in [6.45, 7) is 3.48. The molecule has 3 rings (SSSR count). The topological polar surface area (TPSA) is 97.1 Å². The molecule has 0 radical (unpaired) electrons. The molecule has 8 nitrogen and oxygen atoms in total. The van der Waals surface area contributed by atoms with Crippen molar-refractivity contribution in [1.82, 2.24) is 15.0 Å². The summed E-state index contributed by atoms with van der Waals surface area (Å²) in [6.07, 6.45) is 5.03. The summed E-state index contributed by atoms with van der Waals surface area (Å²) < 4.78 is 0. The first-order valence-electron chi connectivity index (χ1n) is 7.09. The lowest BCUT2D eigenvalue weighted by Crippen LogP contribution is -2.21. The molecule has 0 amide bonds. The van der Waals surface area contributed by atoms with Crippen molar-refractivity contribution in [1.29, 1.82) is 0 Å². The monoisotopic (exact) mass is 300 g/mol. The van der Waals surface area contributed by atoms with E-state index < -0.39 is 4.92 Å². The summed E-state index contributed by atoms with van der Waals surface area (Å²) in [4.78, 5) is 25.3. The predicted octanol–water partition coefficient (Wildman–Crippen LogP) is 2.43. The highest BCUT2D eigenvalue weighted by molar-refractivity contribution is 5.73. The van der Waals surface area contributed by atoms with Crippen LogP contribution >= 0.6 is 0 Å². The zero-order valence-corrected chi connectivity index (χ0v) is 12.2. The molecular weight excluding hydrogens is 284 g/mol. The molecule has 0 unspecified atom stereocenters. The Balaban J connectivity index is 1.99. The van der Waals surface area contributed by atoms with Crippen LogP contribution in [0.25, 0.3) is 0 Å². The van der Waals surface area contributed by atoms with E-state index in [1.54, 1.807) is 12.3 Å². The van der Waals surface area contributed by atoms with Gasteiger partial charge in [0, 0.05) is 19.3 Å². The number of nitrogens with one attached hydrogen (secondary N) is 1. The third-order valence-corrected chi connectivity index (χ3v) is 3.55. The number of rotatable bonds is 4. The number of hydrogen-bond donors (Lipinski definition) is 1. The van der Waals surface area contributed by atoms with Crippen LogP contribution in [0.2, 0.25) is 0 Å². The molecule has 0 saturated carbocycles. The molecule has 3 heterocycles. The molecule has 2 aromatic heterocycles. The molecule has 8 heteroatoms. The molecule has 0 atom stereocenters. The molecule has 1 saturated heterocycles. The van der Waals surface area contributed by atoms with E-state index in [0.29, 0.717) is 11.6 Å². The smallest absolute Gasteiger partial charge is 0.351 e. The van der Waals surface area contributed by atoms with Crippen molar-refractivity contribution in [2.45, 2.75) is 19.8 Å². The molecule has 114 valence electrons. The van der Waals surface area contributed by atoms with Crippen LogP contribution in [0.3, 0.4) is 0 Å². The number of hydrogen-bond acceptors (Lipinski definition) is 7. The molecule has 0 spiro atoms. The van der Waals surface area contributed by atoms with Crippen LogP contribution in [-0.2, 0) is 0 Å². The summed E-state index contributed by atoms with van der Waals surface area (Å²) in [5, 5.41) is 14.4. The van der Waals surface area contributed by atoms with Gasteiger partial charge in [-0.25, -0.2) is 15.0 Å². The average molecular weight is 300 g/mol. The Labute approximate surface area is 127 Å². The number of anilines is 3. The van der Waals surface area contributed by atoms with Crippen LogP contribution in [0.4, 0.5) is 23.1 Å². The molecule has 1 fully saturated rings. The third-order valence-electron chi connectivity index (χ3n) is 3.55. The van der Waals surface area contributed by atoms with Crippen molar-refractivity contribution in [2.24, 2.45) is 0 Å². The van der Waals surface area contributed by atoms with E-state index in [9.17, 15) is 10.1 Å². The molecule has 0 bridgehead atoms. The highest BCUT2D eigenvalue weighted by Crippen LogP contribution is 2.34. The minimum atomic E-state index is -0.439. The quantitative estimate of drug-likeness (QED) is 0.684. The second-order valence-electron chi connectivity index (χ2n) is 5.19. The molecular formula is C14H16N6O2. The van der Waals surface area contributed by atoms with Gasteiger partial charge in [-0.3, -0.25) is 10.1 Å². The van der Waals surface area contributed by atoms with Gasteiger partial charge in [0.1, 0.15) is 12.1 Å². The van der Waals surface area contributed by atoms with Crippen molar-refractivity contribution < 1.29 is 4.92 Å². The van der Waals surface area contributed by atoms with Gasteiger partial charge in [0.15, 0.2) is 0 Å². The van der Waals surface area contributed by atoms with Gasteiger partial charge in [-0.1, -0.05) is 0 Å². The van der Waals surface area contributed by atoms with Gasteiger partial charge in [-0.2, -0.15) is 0 Å². The highest BCUT2D eigenvalue weighted by atomic mass is 16.6. The molecule has 1 aliphatic rings. The zero-order valence-electron chi connectivity index (χ0n) is 12.2. The maximum Gasteiger partial charge on any atom is 0.353 e. The first-order valence-corrected chi connectivity index (χ1v) is 7.09. The molecule has 0 aliphatic carbocycles. The number of aryl methyl sites for hydroxylation is 1. The van der Waals surface area contributed by atoms with Gasteiger partial charge < -0.3 is 10.2 Å². The van der Waals surface area contributed by atoms with Gasteiger partial charge in [0.05, 0.1) is 4.92 Å². The molecule has 1 aliphatic heterocycles. The van der Waals surface area contributed by atoms with Gasteiger partial charge in [0.2, 0.25) is 11.6 Å².